The van der Waals surface area contributed by atoms with Crippen molar-refractivity contribution in [2.45, 2.75) is 0 Å². The maximum Gasteiger partial charge on any atom is 0.323 e. The summed E-state index contributed by atoms with van der Waals surface area (Å²) in [7, 11) is 0. The summed E-state index contributed by atoms with van der Waals surface area (Å²) >= 11 is 9.68. The van der Waals surface area contributed by atoms with E-state index in [4.69, 9.17) is 17.3 Å². The molecule has 0 spiro atoms. The summed E-state index contributed by atoms with van der Waals surface area (Å²) in [6.07, 6.45) is 1.68. The molecule has 3 heterocycles. The van der Waals surface area contributed by atoms with Crippen LogP contribution < -0.4 is 4.90 Å². The van der Waals surface area contributed by atoms with E-state index >= 15 is 0 Å². The van der Waals surface area contributed by atoms with Crippen molar-refractivity contribution in [1.29, 1.82) is 0 Å². The van der Waals surface area contributed by atoms with Crippen LogP contribution in [0.1, 0.15) is 5.69 Å². The predicted octanol–water partition coefficient (Wildman–Crippen LogP) is 1.98. The van der Waals surface area contributed by atoms with E-state index in [0.717, 1.165) is 46.4 Å². The van der Waals surface area contributed by atoms with Crippen LogP contribution in [0.3, 0.4) is 0 Å². The molecule has 0 aliphatic carbocycles. The molecule has 3 rings (SSSR count). The van der Waals surface area contributed by atoms with Gasteiger partial charge in [0.05, 0.1) is 10.6 Å². The number of thiocarbonyl (C=S) groups is 1. The number of amides is 1. The zero-order chi connectivity index (χ0) is 16.4. The zero-order valence-electron chi connectivity index (χ0n) is 11.9. The summed E-state index contributed by atoms with van der Waals surface area (Å²) in [5.41, 5.74) is 0.707. The van der Waals surface area contributed by atoms with Crippen molar-refractivity contribution in [1.82, 2.24) is 9.88 Å². The fraction of sp³-hybridized carbons (Fsp3) is 0.385. The van der Waals surface area contributed by atoms with Crippen molar-refractivity contribution in [2.24, 2.45) is 0 Å². The summed E-state index contributed by atoms with van der Waals surface area (Å²) in [5, 5.41) is 11.7. The van der Waals surface area contributed by atoms with Gasteiger partial charge < -0.3 is 10.0 Å². The average molecular weight is 388 g/mol. The van der Waals surface area contributed by atoms with Gasteiger partial charge in [0.15, 0.2) is 5.13 Å². The Morgan fingerprint density at radius 3 is 2.87 bits per heavy atom. The van der Waals surface area contributed by atoms with E-state index in [0.29, 0.717) is 10.6 Å². The second kappa shape index (κ2) is 7.20. The van der Waals surface area contributed by atoms with Gasteiger partial charge in [-0.3, -0.25) is 14.5 Å². The third-order valence-electron chi connectivity index (χ3n) is 3.24. The molecule has 23 heavy (non-hydrogen) atoms. The number of carboxylic acids is 1. The molecule has 6 nitrogen and oxygen atoms in total. The first-order chi connectivity index (χ1) is 11.0. The van der Waals surface area contributed by atoms with Gasteiger partial charge in [0.1, 0.15) is 10.9 Å². The molecule has 1 aromatic heterocycles. The fourth-order valence-electron chi connectivity index (χ4n) is 2.15. The van der Waals surface area contributed by atoms with E-state index in [2.05, 4.69) is 9.88 Å². The lowest BCUT2D eigenvalue weighted by Gasteiger charge is -2.25. The Kier molecular flexibility index (Phi) is 5.24. The first-order valence-corrected chi connectivity index (χ1v) is 10.1. The second-order valence-corrected chi connectivity index (χ2v) is 8.55. The summed E-state index contributed by atoms with van der Waals surface area (Å²) < 4.78 is 0.271. The molecule has 2 aliphatic rings. The minimum absolute atomic E-state index is 0.271. The molecule has 1 N–H and O–H groups in total. The minimum Gasteiger partial charge on any atom is -0.480 e. The van der Waals surface area contributed by atoms with Crippen molar-refractivity contribution in [2.75, 3.05) is 36.0 Å². The monoisotopic (exact) mass is 387 g/mol. The van der Waals surface area contributed by atoms with Crippen LogP contribution >= 0.6 is 47.1 Å². The molecule has 122 valence electrons. The Labute approximate surface area is 150 Å². The number of hydrogen-bond donors (Lipinski definition) is 1. The predicted molar refractivity (Wildman–Crippen MR) is 99.2 cm³/mol. The highest BCUT2D eigenvalue weighted by Crippen LogP contribution is 2.33. The van der Waals surface area contributed by atoms with Crippen LogP contribution in [-0.4, -0.2) is 62.3 Å². The number of aliphatic carboxylic acids is 1. The molecule has 0 radical (unpaired) electrons. The number of anilines is 1. The maximum atomic E-state index is 12.2. The summed E-state index contributed by atoms with van der Waals surface area (Å²) in [5.74, 6) is 0.749. The van der Waals surface area contributed by atoms with Gasteiger partial charge in [-0.05, 0) is 6.08 Å². The molecular formula is C13H13N3O3S4. The van der Waals surface area contributed by atoms with E-state index < -0.39 is 12.5 Å². The molecule has 0 aromatic carbocycles. The number of thioether (sulfide) groups is 2. The number of carboxylic acid groups (broad SMARTS) is 1. The SMILES string of the molecule is O=C(O)CN1C(=O)C(=Cc2csc(N3CCSCC3)n2)SC1=S. The van der Waals surface area contributed by atoms with E-state index in [1.165, 1.54) is 0 Å². The van der Waals surface area contributed by atoms with Crippen molar-refractivity contribution in [3.05, 3.63) is 16.0 Å². The smallest absolute Gasteiger partial charge is 0.323 e. The van der Waals surface area contributed by atoms with Gasteiger partial charge in [-0.15, -0.1) is 11.3 Å². The van der Waals surface area contributed by atoms with Gasteiger partial charge in [0.25, 0.3) is 5.91 Å². The van der Waals surface area contributed by atoms with Crippen LogP contribution in [0.25, 0.3) is 6.08 Å². The summed E-state index contributed by atoms with van der Waals surface area (Å²) in [6.45, 7) is 1.56. The number of aromatic nitrogens is 1. The molecule has 2 saturated heterocycles. The standard InChI is InChI=1S/C13H13N3O3S4/c17-10(18)6-16-11(19)9(23-13(16)20)5-8-7-22-12(14-8)15-1-3-21-4-2-15/h5,7H,1-4,6H2,(H,17,18). The lowest BCUT2D eigenvalue weighted by atomic mass is 10.3. The number of thiazole rings is 1. The highest BCUT2D eigenvalue weighted by molar-refractivity contribution is 8.26. The molecule has 0 atom stereocenters. The van der Waals surface area contributed by atoms with Crippen molar-refractivity contribution in [3.63, 3.8) is 0 Å². The highest BCUT2D eigenvalue weighted by atomic mass is 32.2. The third kappa shape index (κ3) is 3.87. The van der Waals surface area contributed by atoms with Crippen LogP contribution in [0.4, 0.5) is 5.13 Å². The Balaban J connectivity index is 1.74. The first kappa shape index (κ1) is 16.7. The van der Waals surface area contributed by atoms with Gasteiger partial charge in [0, 0.05) is 30.0 Å². The second-order valence-electron chi connectivity index (χ2n) is 4.82. The lowest BCUT2D eigenvalue weighted by molar-refractivity contribution is -0.140. The Bertz CT molecular complexity index is 682. The molecule has 10 heteroatoms. The van der Waals surface area contributed by atoms with Crippen LogP contribution in [0.2, 0.25) is 0 Å². The van der Waals surface area contributed by atoms with E-state index in [1.54, 1.807) is 17.4 Å². The molecule has 2 aliphatic heterocycles. The number of rotatable bonds is 4. The molecule has 1 aromatic rings. The molecule has 2 fully saturated rings. The van der Waals surface area contributed by atoms with Crippen LogP contribution in [0.15, 0.2) is 10.3 Å². The topological polar surface area (TPSA) is 73.7 Å². The van der Waals surface area contributed by atoms with E-state index in [-0.39, 0.29) is 10.2 Å². The first-order valence-electron chi connectivity index (χ1n) is 6.80. The maximum absolute atomic E-state index is 12.2. The molecule has 0 unspecified atom stereocenters. The number of carbonyl (C=O) groups excluding carboxylic acids is 1. The fourth-order valence-corrected chi connectivity index (χ4v) is 5.13. The van der Waals surface area contributed by atoms with Crippen molar-refractivity contribution < 1.29 is 14.7 Å². The van der Waals surface area contributed by atoms with Crippen molar-refractivity contribution in [3.8, 4) is 0 Å². The number of hydrogen-bond acceptors (Lipinski definition) is 8. The normalized spacial score (nSPS) is 20.6. The minimum atomic E-state index is -1.08. The average Bonchev–Trinajstić information content (AvgIpc) is 3.09. The third-order valence-corrected chi connectivity index (χ3v) is 6.48. The van der Waals surface area contributed by atoms with Gasteiger partial charge in [-0.25, -0.2) is 4.98 Å². The largest absolute Gasteiger partial charge is 0.480 e. The molecule has 0 bridgehead atoms. The molecule has 1 amide bonds. The van der Waals surface area contributed by atoms with Crippen molar-refractivity contribution >= 4 is 74.5 Å². The number of nitrogens with zero attached hydrogens (tertiary/aromatic N) is 3. The zero-order valence-corrected chi connectivity index (χ0v) is 15.2. The lowest BCUT2D eigenvalue weighted by Crippen LogP contribution is -2.33. The van der Waals surface area contributed by atoms with Crippen LogP contribution in [-0.2, 0) is 9.59 Å². The molecule has 0 saturated carbocycles. The van der Waals surface area contributed by atoms with Gasteiger partial charge in [-0.2, -0.15) is 11.8 Å². The Morgan fingerprint density at radius 1 is 1.43 bits per heavy atom. The van der Waals surface area contributed by atoms with E-state index in [1.807, 2.05) is 17.1 Å². The van der Waals surface area contributed by atoms with Gasteiger partial charge in [-0.1, -0.05) is 24.0 Å². The highest BCUT2D eigenvalue weighted by Gasteiger charge is 2.33. The molecular weight excluding hydrogens is 374 g/mol. The van der Waals surface area contributed by atoms with Crippen LogP contribution in [0, 0.1) is 0 Å². The summed E-state index contributed by atoms with van der Waals surface area (Å²) in [4.78, 5) is 31.3. The quantitative estimate of drug-likeness (QED) is 0.621. The van der Waals surface area contributed by atoms with E-state index in [9.17, 15) is 9.59 Å². The van der Waals surface area contributed by atoms with Crippen LogP contribution in [0.5, 0.6) is 0 Å². The Morgan fingerprint density at radius 2 is 2.17 bits per heavy atom. The van der Waals surface area contributed by atoms with Gasteiger partial charge >= 0.3 is 5.97 Å². The Hall–Kier alpha value is -1.10. The number of carbonyl (C=O) groups is 2. The summed E-state index contributed by atoms with van der Waals surface area (Å²) in [6, 6.07) is 0. The van der Waals surface area contributed by atoms with Gasteiger partial charge in [0.2, 0.25) is 0 Å².